The third kappa shape index (κ3) is 3.82. The first-order valence-corrected chi connectivity index (χ1v) is 8.46. The number of anilines is 1. The molecule has 0 spiro atoms. The smallest absolute Gasteiger partial charge is 0.230 e. The number of hydrogen-bond donors (Lipinski definition) is 3. The van der Waals surface area contributed by atoms with Gasteiger partial charge in [-0.3, -0.25) is 4.79 Å². The van der Waals surface area contributed by atoms with Crippen LogP contribution in [0.3, 0.4) is 0 Å². The fraction of sp³-hybridized carbons (Fsp3) is 0.529. The van der Waals surface area contributed by atoms with E-state index in [4.69, 9.17) is 17.0 Å². The van der Waals surface area contributed by atoms with Crippen molar-refractivity contribution in [1.29, 1.82) is 0 Å². The molecule has 0 unspecified atom stereocenters. The molecule has 0 radical (unpaired) electrons. The van der Waals surface area contributed by atoms with E-state index in [2.05, 4.69) is 15.3 Å². The van der Waals surface area contributed by atoms with E-state index in [1.165, 1.54) is 0 Å². The molecule has 1 aromatic carbocycles. The van der Waals surface area contributed by atoms with Gasteiger partial charge in [0, 0.05) is 24.3 Å². The van der Waals surface area contributed by atoms with Crippen LogP contribution in [0.15, 0.2) is 18.2 Å². The van der Waals surface area contributed by atoms with E-state index < -0.39 is 5.41 Å². The summed E-state index contributed by atoms with van der Waals surface area (Å²) in [7, 11) is 0. The second kappa shape index (κ2) is 6.45. The fourth-order valence-corrected chi connectivity index (χ4v) is 3.40. The zero-order valence-electron chi connectivity index (χ0n) is 13.6. The van der Waals surface area contributed by atoms with Gasteiger partial charge in [0.1, 0.15) is 0 Å². The number of rotatable bonds is 4. The van der Waals surface area contributed by atoms with Gasteiger partial charge in [0.05, 0.1) is 11.0 Å². The Kier molecular flexibility index (Phi) is 4.55. The summed E-state index contributed by atoms with van der Waals surface area (Å²) in [5.41, 5.74) is 2.22. The molecule has 0 bridgehead atoms. The quantitative estimate of drug-likeness (QED) is 0.741. The average molecular weight is 333 g/mol. The number of carbonyl (C=O) groups excluding carboxylic acids is 1. The molecule has 1 aliphatic heterocycles. The van der Waals surface area contributed by atoms with Crippen LogP contribution in [0, 0.1) is 16.1 Å². The molecule has 1 saturated heterocycles. The minimum absolute atomic E-state index is 0.0532. The lowest BCUT2D eigenvalue weighted by Gasteiger charge is -2.30. The van der Waals surface area contributed by atoms with E-state index in [1.54, 1.807) is 0 Å². The van der Waals surface area contributed by atoms with Crippen molar-refractivity contribution in [2.75, 3.05) is 18.5 Å². The molecule has 1 aromatic heterocycles. The maximum Gasteiger partial charge on any atom is 0.230 e. The lowest BCUT2D eigenvalue weighted by Crippen LogP contribution is -2.34. The summed E-state index contributed by atoms with van der Waals surface area (Å²) in [5.74, 6) is 0.616. The number of H-pyrrole nitrogens is 2. The third-order valence-electron chi connectivity index (χ3n) is 4.53. The van der Waals surface area contributed by atoms with Crippen LogP contribution in [0.2, 0.25) is 0 Å². The van der Waals surface area contributed by atoms with Crippen LogP contribution in [0.4, 0.5) is 5.69 Å². The average Bonchev–Trinajstić information content (AvgIpc) is 2.87. The van der Waals surface area contributed by atoms with Gasteiger partial charge in [0.15, 0.2) is 4.77 Å². The predicted molar refractivity (Wildman–Crippen MR) is 94.1 cm³/mol. The van der Waals surface area contributed by atoms with Gasteiger partial charge in [-0.15, -0.1) is 0 Å². The highest BCUT2D eigenvalue weighted by Gasteiger charge is 2.31. The Morgan fingerprint density at radius 1 is 1.30 bits per heavy atom. The Morgan fingerprint density at radius 2 is 2.00 bits per heavy atom. The Hall–Kier alpha value is -1.66. The van der Waals surface area contributed by atoms with Gasteiger partial charge < -0.3 is 20.0 Å². The number of aromatic nitrogens is 2. The van der Waals surface area contributed by atoms with Gasteiger partial charge >= 0.3 is 0 Å². The van der Waals surface area contributed by atoms with Gasteiger partial charge in [-0.25, -0.2) is 0 Å². The van der Waals surface area contributed by atoms with Crippen molar-refractivity contribution in [2.24, 2.45) is 11.3 Å². The number of imidazole rings is 1. The first kappa shape index (κ1) is 16.2. The zero-order valence-corrected chi connectivity index (χ0v) is 14.4. The highest BCUT2D eigenvalue weighted by molar-refractivity contribution is 7.71. The van der Waals surface area contributed by atoms with E-state index in [-0.39, 0.29) is 5.91 Å². The molecule has 5 nitrogen and oxygen atoms in total. The van der Waals surface area contributed by atoms with E-state index >= 15 is 0 Å². The molecule has 1 amide bonds. The van der Waals surface area contributed by atoms with Crippen LogP contribution < -0.4 is 5.32 Å². The number of benzene rings is 1. The van der Waals surface area contributed by atoms with E-state index in [0.29, 0.717) is 10.7 Å². The second-order valence-corrected chi connectivity index (χ2v) is 7.35. The van der Waals surface area contributed by atoms with Gasteiger partial charge in [-0.2, -0.15) is 0 Å². The standard InChI is InChI=1S/C17H23N3O2S/c1-17(2,10-11-5-7-22-8-6-11)15(21)18-12-3-4-13-14(9-12)20-16(23)19-13/h3-4,9,11H,5-8,10H2,1-2H3,(H,18,21)(H2,19,20,23). The summed E-state index contributed by atoms with van der Waals surface area (Å²) in [6.07, 6.45) is 2.97. The van der Waals surface area contributed by atoms with Crippen molar-refractivity contribution in [3.05, 3.63) is 23.0 Å². The normalized spacial score (nSPS) is 16.6. The summed E-state index contributed by atoms with van der Waals surface area (Å²) in [6, 6.07) is 5.72. The summed E-state index contributed by atoms with van der Waals surface area (Å²) in [5, 5.41) is 3.04. The predicted octanol–water partition coefficient (Wildman–Crippen LogP) is 4.01. The van der Waals surface area contributed by atoms with Gasteiger partial charge in [0.25, 0.3) is 0 Å². The Balaban J connectivity index is 1.69. The van der Waals surface area contributed by atoms with E-state index in [9.17, 15) is 4.79 Å². The van der Waals surface area contributed by atoms with Crippen LogP contribution >= 0.6 is 12.2 Å². The van der Waals surface area contributed by atoms with Crippen LogP contribution in [0.1, 0.15) is 33.1 Å². The van der Waals surface area contributed by atoms with Crippen LogP contribution in [0.5, 0.6) is 0 Å². The number of hydrogen-bond acceptors (Lipinski definition) is 3. The Bertz CT molecular complexity index is 757. The summed E-state index contributed by atoms with van der Waals surface area (Å²) >= 11 is 5.09. The second-order valence-electron chi connectivity index (χ2n) is 6.94. The summed E-state index contributed by atoms with van der Waals surface area (Å²) in [6.45, 7) is 5.65. The van der Waals surface area contributed by atoms with Crippen LogP contribution in [-0.2, 0) is 9.53 Å². The molecule has 3 rings (SSSR count). The minimum atomic E-state index is -0.401. The first-order valence-electron chi connectivity index (χ1n) is 8.05. The molecular weight excluding hydrogens is 310 g/mol. The first-order chi connectivity index (χ1) is 10.9. The van der Waals surface area contributed by atoms with Crippen molar-refractivity contribution in [2.45, 2.75) is 33.1 Å². The molecule has 2 aromatic rings. The number of fused-ring (bicyclic) bond motifs is 1. The maximum absolute atomic E-state index is 12.7. The fourth-order valence-electron chi connectivity index (χ4n) is 3.18. The van der Waals surface area contributed by atoms with Crippen LogP contribution in [0.25, 0.3) is 11.0 Å². The van der Waals surface area contributed by atoms with E-state index in [1.807, 2.05) is 32.0 Å². The van der Waals surface area contributed by atoms with Crippen LogP contribution in [-0.4, -0.2) is 29.1 Å². The molecular formula is C17H23N3O2S. The number of ether oxygens (including phenoxy) is 1. The third-order valence-corrected chi connectivity index (χ3v) is 4.73. The molecule has 0 aliphatic carbocycles. The number of carbonyl (C=O) groups is 1. The van der Waals surface area contributed by atoms with Crippen molar-refractivity contribution in [3.8, 4) is 0 Å². The highest BCUT2D eigenvalue weighted by Crippen LogP contribution is 2.32. The monoisotopic (exact) mass is 333 g/mol. The summed E-state index contributed by atoms with van der Waals surface area (Å²) in [4.78, 5) is 18.8. The molecule has 0 saturated carbocycles. The lowest BCUT2D eigenvalue weighted by molar-refractivity contribution is -0.125. The molecule has 124 valence electrons. The molecule has 0 atom stereocenters. The van der Waals surface area contributed by atoms with Gasteiger partial charge in [0.2, 0.25) is 5.91 Å². The number of nitrogens with one attached hydrogen (secondary N) is 3. The van der Waals surface area contributed by atoms with Gasteiger partial charge in [-0.1, -0.05) is 13.8 Å². The minimum Gasteiger partial charge on any atom is -0.381 e. The lowest BCUT2D eigenvalue weighted by atomic mass is 9.79. The van der Waals surface area contributed by atoms with E-state index in [0.717, 1.165) is 49.2 Å². The molecule has 6 heteroatoms. The van der Waals surface area contributed by atoms with Gasteiger partial charge in [-0.05, 0) is 55.6 Å². The SMILES string of the molecule is CC(C)(CC1CCOCC1)C(=O)Nc1ccc2[nH]c(=S)[nH]c2c1. The largest absolute Gasteiger partial charge is 0.381 e. The molecule has 2 heterocycles. The van der Waals surface area contributed by atoms with Crippen molar-refractivity contribution >= 4 is 34.8 Å². The maximum atomic E-state index is 12.7. The summed E-state index contributed by atoms with van der Waals surface area (Å²) < 4.78 is 5.98. The van der Waals surface area contributed by atoms with Crippen molar-refractivity contribution in [3.63, 3.8) is 0 Å². The highest BCUT2D eigenvalue weighted by atomic mass is 32.1. The molecule has 3 N–H and O–H groups in total. The van der Waals surface area contributed by atoms with Crippen molar-refractivity contribution in [1.82, 2.24) is 9.97 Å². The molecule has 23 heavy (non-hydrogen) atoms. The number of aromatic amines is 2. The molecule has 1 fully saturated rings. The Morgan fingerprint density at radius 3 is 2.74 bits per heavy atom. The molecule has 1 aliphatic rings. The topological polar surface area (TPSA) is 69.9 Å². The number of amides is 1. The van der Waals surface area contributed by atoms with Crippen molar-refractivity contribution < 1.29 is 9.53 Å². The Labute approximate surface area is 140 Å². The zero-order chi connectivity index (χ0) is 16.4.